The number of nitrogens with zero attached hydrogens (tertiary/aromatic N) is 1. The zero-order valence-corrected chi connectivity index (χ0v) is 42.1. The Morgan fingerprint density at radius 1 is 0.195 bits per heavy atom. The predicted molar refractivity (Wildman–Crippen MR) is 320 cm³/mol. The fraction of sp³-hybridized carbons (Fsp3) is 0.0263. The van der Waals surface area contributed by atoms with Gasteiger partial charge in [0.15, 0.2) is 0 Å². The summed E-state index contributed by atoms with van der Waals surface area (Å²) < 4.78 is 0. The Kier molecular flexibility index (Phi) is 8.75. The van der Waals surface area contributed by atoms with Gasteiger partial charge in [0, 0.05) is 17.1 Å². The van der Waals surface area contributed by atoms with Crippen LogP contribution in [0.4, 0.5) is 17.1 Å². The summed E-state index contributed by atoms with van der Waals surface area (Å²) in [6.07, 6.45) is 0. The minimum absolute atomic E-state index is 0.487. The van der Waals surface area contributed by atoms with E-state index >= 15 is 0 Å². The standard InChI is InChI=1S/C76H47N/c1-2-20-48(21-3-1)73-61-28-4-6-30-63(61)74(64-31-7-5-29-62(64)73)49-38-40-50(41-39-49)77(51-42-44-59-57-26-12-18-36-69(57)75(71(59)46-51)65-32-14-8-22-53(65)54-23-9-15-33-66(54)75)52-43-45-60-58-27-13-19-37-70(58)76(72(60)47-52)67-34-16-10-24-55(67)56-25-11-17-35-68(56)76/h1-47H. The van der Waals surface area contributed by atoms with Crippen molar-refractivity contribution in [1.29, 1.82) is 0 Å². The quantitative estimate of drug-likeness (QED) is 0.155. The first-order chi connectivity index (χ1) is 38.2. The van der Waals surface area contributed by atoms with Crippen molar-refractivity contribution in [2.45, 2.75) is 10.8 Å². The molecule has 0 bridgehead atoms. The second-order valence-electron chi connectivity index (χ2n) is 21.3. The third-order valence-electron chi connectivity index (χ3n) is 17.9. The third kappa shape index (κ3) is 5.52. The van der Waals surface area contributed by atoms with Crippen LogP contribution in [0.25, 0.3) is 88.3 Å². The van der Waals surface area contributed by atoms with E-state index in [9.17, 15) is 0 Å². The van der Waals surface area contributed by atoms with Gasteiger partial charge in [-0.1, -0.05) is 249 Å². The van der Waals surface area contributed by atoms with E-state index in [0.29, 0.717) is 0 Å². The van der Waals surface area contributed by atoms with Crippen molar-refractivity contribution < 1.29 is 0 Å². The molecule has 1 heteroatoms. The maximum Gasteiger partial charge on any atom is 0.0726 e. The van der Waals surface area contributed by atoms with Gasteiger partial charge in [0.25, 0.3) is 0 Å². The van der Waals surface area contributed by atoms with Crippen molar-refractivity contribution in [3.8, 4) is 66.8 Å². The zero-order chi connectivity index (χ0) is 50.4. The van der Waals surface area contributed by atoms with Crippen LogP contribution in [-0.2, 0) is 10.8 Å². The van der Waals surface area contributed by atoms with Crippen molar-refractivity contribution in [3.05, 3.63) is 330 Å². The molecule has 0 unspecified atom stereocenters. The highest BCUT2D eigenvalue weighted by Gasteiger charge is 2.53. The summed E-state index contributed by atoms with van der Waals surface area (Å²) in [6, 6.07) is 108. The van der Waals surface area contributed by atoms with E-state index < -0.39 is 10.8 Å². The van der Waals surface area contributed by atoms with Gasteiger partial charge in [0.05, 0.1) is 10.8 Å². The lowest BCUT2D eigenvalue weighted by Gasteiger charge is -2.33. The Labute approximate surface area is 448 Å². The van der Waals surface area contributed by atoms with E-state index in [-0.39, 0.29) is 0 Å². The number of hydrogen-bond donors (Lipinski definition) is 0. The summed E-state index contributed by atoms with van der Waals surface area (Å²) in [4.78, 5) is 2.53. The van der Waals surface area contributed by atoms with E-state index in [1.54, 1.807) is 0 Å². The van der Waals surface area contributed by atoms with Gasteiger partial charge in [0.1, 0.15) is 0 Å². The molecule has 0 radical (unpaired) electrons. The second-order valence-corrected chi connectivity index (χ2v) is 21.3. The Morgan fingerprint density at radius 2 is 0.455 bits per heavy atom. The molecule has 0 N–H and O–H groups in total. The molecule has 0 aliphatic heterocycles. The molecule has 0 aromatic heterocycles. The Balaban J connectivity index is 0.917. The molecule has 13 aromatic carbocycles. The van der Waals surface area contributed by atoms with Crippen LogP contribution in [0.1, 0.15) is 44.5 Å². The first-order valence-electron chi connectivity index (χ1n) is 27.0. The number of rotatable bonds is 5. The zero-order valence-electron chi connectivity index (χ0n) is 42.1. The van der Waals surface area contributed by atoms with Crippen LogP contribution in [0.5, 0.6) is 0 Å². The lowest BCUT2D eigenvalue weighted by Crippen LogP contribution is -2.26. The first kappa shape index (κ1) is 42.5. The molecule has 4 aliphatic rings. The summed E-state index contributed by atoms with van der Waals surface area (Å²) in [5.41, 5.74) is 28.4. The van der Waals surface area contributed by atoms with Gasteiger partial charge in [-0.25, -0.2) is 0 Å². The number of anilines is 3. The normalized spacial score (nSPS) is 13.9. The molecule has 1 nitrogen and oxygen atoms in total. The van der Waals surface area contributed by atoms with E-state index in [2.05, 4.69) is 290 Å². The second kappa shape index (κ2) is 15.9. The van der Waals surface area contributed by atoms with Gasteiger partial charge >= 0.3 is 0 Å². The highest BCUT2D eigenvalue weighted by molar-refractivity contribution is 6.21. The highest BCUT2D eigenvalue weighted by atomic mass is 15.1. The average molecular weight is 974 g/mol. The molecule has 0 saturated heterocycles. The van der Waals surface area contributed by atoms with Crippen molar-refractivity contribution in [2.75, 3.05) is 4.90 Å². The monoisotopic (exact) mass is 973 g/mol. The van der Waals surface area contributed by atoms with Gasteiger partial charge in [-0.2, -0.15) is 0 Å². The lowest BCUT2D eigenvalue weighted by atomic mass is 9.70. The SMILES string of the molecule is c1ccc(-c2c3ccccc3c(-c3ccc(N(c4ccc5c(c4)C4(c6ccccc6-c6ccccc64)c4ccccc4-5)c4ccc5c(c4)C4(c6ccccc6-c6ccccc64)c4ccccc4-5)cc3)c3ccccc23)cc1. The van der Waals surface area contributed by atoms with Gasteiger partial charge in [-0.15, -0.1) is 0 Å². The fourth-order valence-electron chi connectivity index (χ4n) is 15.0. The predicted octanol–water partition coefficient (Wildman–Crippen LogP) is 19.5. The number of fused-ring (bicyclic) bond motifs is 22. The molecule has 0 heterocycles. The van der Waals surface area contributed by atoms with Crippen LogP contribution in [0.15, 0.2) is 285 Å². The summed E-state index contributed by atoms with van der Waals surface area (Å²) in [5.74, 6) is 0. The molecule has 4 aliphatic carbocycles. The molecule has 0 amide bonds. The van der Waals surface area contributed by atoms with Gasteiger partial charge < -0.3 is 4.90 Å². The molecule has 0 saturated carbocycles. The van der Waals surface area contributed by atoms with E-state index in [1.807, 2.05) is 0 Å². The molecule has 77 heavy (non-hydrogen) atoms. The summed E-state index contributed by atoms with van der Waals surface area (Å²) in [6.45, 7) is 0. The number of benzene rings is 13. The Hall–Kier alpha value is -9.82. The van der Waals surface area contributed by atoms with Crippen LogP contribution in [-0.4, -0.2) is 0 Å². The smallest absolute Gasteiger partial charge is 0.0726 e. The minimum Gasteiger partial charge on any atom is -0.310 e. The molecule has 356 valence electrons. The Morgan fingerprint density at radius 3 is 0.792 bits per heavy atom. The molecular weight excluding hydrogens is 927 g/mol. The molecule has 0 atom stereocenters. The average Bonchev–Trinajstić information content (AvgIpc) is 3.48. The third-order valence-corrected chi connectivity index (χ3v) is 17.9. The lowest BCUT2D eigenvalue weighted by molar-refractivity contribution is 0.792. The molecule has 17 rings (SSSR count). The van der Waals surface area contributed by atoms with Gasteiger partial charge in [0.2, 0.25) is 0 Å². The van der Waals surface area contributed by atoms with Crippen molar-refractivity contribution in [3.63, 3.8) is 0 Å². The van der Waals surface area contributed by atoms with Crippen LogP contribution in [0, 0.1) is 0 Å². The van der Waals surface area contributed by atoms with Crippen LogP contribution < -0.4 is 4.90 Å². The summed E-state index contributed by atoms with van der Waals surface area (Å²) >= 11 is 0. The fourth-order valence-corrected chi connectivity index (χ4v) is 15.0. The highest BCUT2D eigenvalue weighted by Crippen LogP contribution is 2.65. The summed E-state index contributed by atoms with van der Waals surface area (Å²) in [5, 5.41) is 5.00. The van der Waals surface area contributed by atoms with Crippen LogP contribution >= 0.6 is 0 Å². The van der Waals surface area contributed by atoms with Gasteiger partial charge in [-0.05, 0) is 169 Å². The topological polar surface area (TPSA) is 3.24 Å². The molecule has 0 fully saturated rings. The first-order valence-corrected chi connectivity index (χ1v) is 27.0. The van der Waals surface area contributed by atoms with Crippen LogP contribution in [0.3, 0.4) is 0 Å². The van der Waals surface area contributed by atoms with Gasteiger partial charge in [-0.3, -0.25) is 0 Å². The van der Waals surface area contributed by atoms with Crippen LogP contribution in [0.2, 0.25) is 0 Å². The molecule has 13 aromatic rings. The largest absolute Gasteiger partial charge is 0.310 e. The van der Waals surface area contributed by atoms with E-state index in [1.165, 1.54) is 133 Å². The molecule has 2 spiro atoms. The van der Waals surface area contributed by atoms with E-state index in [0.717, 1.165) is 17.1 Å². The minimum atomic E-state index is -0.487. The van der Waals surface area contributed by atoms with Crippen molar-refractivity contribution >= 4 is 38.6 Å². The molecular formula is C76H47N. The maximum absolute atomic E-state index is 2.53. The maximum atomic E-state index is 2.53. The van der Waals surface area contributed by atoms with Crippen molar-refractivity contribution in [2.24, 2.45) is 0 Å². The Bertz CT molecular complexity index is 4260. The van der Waals surface area contributed by atoms with E-state index in [4.69, 9.17) is 0 Å². The number of hydrogen-bond acceptors (Lipinski definition) is 1. The van der Waals surface area contributed by atoms with Crippen molar-refractivity contribution in [1.82, 2.24) is 0 Å². The summed E-state index contributed by atoms with van der Waals surface area (Å²) in [7, 11) is 0.